The molecule has 2 amide bonds. The quantitative estimate of drug-likeness (QED) is 0.866. The van der Waals surface area contributed by atoms with Crippen LogP contribution in [0.5, 0.6) is 0 Å². The fourth-order valence-electron chi connectivity index (χ4n) is 3.07. The zero-order valence-corrected chi connectivity index (χ0v) is 14.8. The van der Waals surface area contributed by atoms with E-state index in [0.717, 1.165) is 24.0 Å². The van der Waals surface area contributed by atoms with Crippen LogP contribution in [0.3, 0.4) is 0 Å². The summed E-state index contributed by atoms with van der Waals surface area (Å²) in [5, 5.41) is 13.1. The van der Waals surface area contributed by atoms with Gasteiger partial charge in [0.05, 0.1) is 11.6 Å². The van der Waals surface area contributed by atoms with Crippen LogP contribution < -0.4 is 5.32 Å². The zero-order chi connectivity index (χ0) is 17.0. The first-order chi connectivity index (χ1) is 10.8. The van der Waals surface area contributed by atoms with Crippen molar-refractivity contribution in [1.29, 1.82) is 0 Å². The van der Waals surface area contributed by atoms with Crippen molar-refractivity contribution in [2.75, 3.05) is 12.8 Å². The lowest BCUT2D eigenvalue weighted by Gasteiger charge is -2.33. The third-order valence-corrected chi connectivity index (χ3v) is 4.83. The van der Waals surface area contributed by atoms with Crippen LogP contribution in [0.25, 0.3) is 0 Å². The van der Waals surface area contributed by atoms with Gasteiger partial charge >= 0.3 is 6.03 Å². The van der Waals surface area contributed by atoms with Gasteiger partial charge in [0, 0.05) is 18.8 Å². The highest BCUT2D eigenvalue weighted by Crippen LogP contribution is 2.26. The van der Waals surface area contributed by atoms with Crippen molar-refractivity contribution < 1.29 is 14.3 Å². The molecule has 1 unspecified atom stereocenters. The van der Waals surface area contributed by atoms with E-state index in [0.29, 0.717) is 18.8 Å². The summed E-state index contributed by atoms with van der Waals surface area (Å²) in [7, 11) is 0. The summed E-state index contributed by atoms with van der Waals surface area (Å²) >= 11 is 1.62. The Morgan fingerprint density at radius 3 is 2.87 bits per heavy atom. The second-order valence-corrected chi connectivity index (χ2v) is 7.38. The fourth-order valence-corrected chi connectivity index (χ4v) is 3.65. The number of halogens is 1. The molecule has 1 fully saturated rings. The molecule has 0 spiro atoms. The molecule has 128 valence electrons. The number of hydrogen-bond donors (Lipinski definition) is 2. The summed E-state index contributed by atoms with van der Waals surface area (Å²) in [6.45, 7) is 4.49. The smallest absolute Gasteiger partial charge is 0.318 e. The van der Waals surface area contributed by atoms with Crippen LogP contribution in [0.1, 0.15) is 37.8 Å². The molecule has 1 aliphatic heterocycles. The third kappa shape index (κ3) is 4.61. The second-order valence-electron chi connectivity index (χ2n) is 6.51. The molecule has 0 saturated carbocycles. The van der Waals surface area contributed by atoms with Gasteiger partial charge < -0.3 is 15.3 Å². The molecule has 1 atom stereocenters. The summed E-state index contributed by atoms with van der Waals surface area (Å²) < 4.78 is 13.4. The van der Waals surface area contributed by atoms with Crippen LogP contribution in [0, 0.1) is 5.82 Å². The van der Waals surface area contributed by atoms with Gasteiger partial charge in [0.15, 0.2) is 0 Å². The standard InChI is InChI=1S/C17H25FN2O2S/c1-17(2,22)15-5-4-8-20(15)16(21)19-10-12-6-7-14(18)9-13(12)11-23-3/h6-7,9,15,22H,4-5,8,10-11H2,1-3H3,(H,19,21). The van der Waals surface area contributed by atoms with Gasteiger partial charge in [-0.3, -0.25) is 0 Å². The first-order valence-electron chi connectivity index (χ1n) is 7.86. The molecule has 0 radical (unpaired) electrons. The molecule has 1 aromatic carbocycles. The second kappa shape index (κ2) is 7.53. The monoisotopic (exact) mass is 340 g/mol. The molecule has 0 bridgehead atoms. The van der Waals surface area contributed by atoms with Gasteiger partial charge in [-0.2, -0.15) is 11.8 Å². The summed E-state index contributed by atoms with van der Waals surface area (Å²) in [5.74, 6) is 0.449. The first kappa shape index (κ1) is 18.1. The van der Waals surface area contributed by atoms with Crippen LogP contribution in [0.15, 0.2) is 18.2 Å². The molecular weight excluding hydrogens is 315 g/mol. The lowest BCUT2D eigenvalue weighted by atomic mass is 9.97. The average molecular weight is 340 g/mol. The molecule has 1 aliphatic rings. The van der Waals surface area contributed by atoms with Gasteiger partial charge in [-0.15, -0.1) is 0 Å². The number of rotatable bonds is 5. The van der Waals surface area contributed by atoms with E-state index >= 15 is 0 Å². The van der Waals surface area contributed by atoms with Crippen molar-refractivity contribution in [3.63, 3.8) is 0 Å². The van der Waals surface area contributed by atoms with Crippen molar-refractivity contribution in [2.45, 2.75) is 50.6 Å². The van der Waals surface area contributed by atoms with Crippen molar-refractivity contribution in [1.82, 2.24) is 10.2 Å². The van der Waals surface area contributed by atoms with E-state index in [1.54, 1.807) is 36.6 Å². The van der Waals surface area contributed by atoms with Crippen LogP contribution in [0.2, 0.25) is 0 Å². The Kier molecular flexibility index (Phi) is 5.92. The van der Waals surface area contributed by atoms with Crippen molar-refractivity contribution in [3.8, 4) is 0 Å². The zero-order valence-electron chi connectivity index (χ0n) is 13.9. The Morgan fingerprint density at radius 2 is 2.22 bits per heavy atom. The molecule has 2 N–H and O–H groups in total. The molecule has 1 heterocycles. The maximum atomic E-state index is 13.4. The van der Waals surface area contributed by atoms with Crippen LogP contribution in [-0.2, 0) is 12.3 Å². The van der Waals surface area contributed by atoms with Crippen molar-refractivity contribution in [2.24, 2.45) is 0 Å². The number of hydrogen-bond acceptors (Lipinski definition) is 3. The SMILES string of the molecule is CSCc1cc(F)ccc1CNC(=O)N1CCCC1C(C)(C)O. The van der Waals surface area contributed by atoms with E-state index in [-0.39, 0.29) is 17.9 Å². The molecule has 2 rings (SSSR count). The number of likely N-dealkylation sites (tertiary alicyclic amines) is 1. The number of benzene rings is 1. The molecule has 4 nitrogen and oxygen atoms in total. The molecule has 6 heteroatoms. The molecular formula is C17H25FN2O2S. The number of nitrogens with zero attached hydrogens (tertiary/aromatic N) is 1. The minimum absolute atomic E-state index is 0.165. The van der Waals surface area contributed by atoms with Gasteiger partial charge in [-0.1, -0.05) is 6.07 Å². The van der Waals surface area contributed by atoms with E-state index in [4.69, 9.17) is 0 Å². The van der Waals surface area contributed by atoms with E-state index in [1.807, 2.05) is 6.26 Å². The normalized spacial score (nSPS) is 18.3. The highest BCUT2D eigenvalue weighted by atomic mass is 32.2. The van der Waals surface area contributed by atoms with Crippen molar-refractivity contribution in [3.05, 3.63) is 35.1 Å². The molecule has 1 saturated heterocycles. The minimum atomic E-state index is -0.909. The summed E-state index contributed by atoms with van der Waals surface area (Å²) in [6, 6.07) is 4.32. The first-order valence-corrected chi connectivity index (χ1v) is 9.25. The number of carbonyl (C=O) groups is 1. The molecule has 23 heavy (non-hydrogen) atoms. The lowest BCUT2D eigenvalue weighted by molar-refractivity contribution is 0.00978. The highest BCUT2D eigenvalue weighted by molar-refractivity contribution is 7.97. The van der Waals surface area contributed by atoms with Crippen molar-refractivity contribution >= 4 is 17.8 Å². The molecule has 1 aromatic rings. The fraction of sp³-hybridized carbons (Fsp3) is 0.588. The Bertz CT molecular complexity index is 560. The number of amides is 2. The molecule has 0 aromatic heterocycles. The Labute approximate surface area is 141 Å². The Balaban J connectivity index is 2.02. The average Bonchev–Trinajstić information content (AvgIpc) is 2.96. The number of thioether (sulfide) groups is 1. The largest absolute Gasteiger partial charge is 0.388 e. The van der Waals surface area contributed by atoms with Gasteiger partial charge in [0.25, 0.3) is 0 Å². The van der Waals surface area contributed by atoms with E-state index in [2.05, 4.69) is 5.32 Å². The lowest BCUT2D eigenvalue weighted by Crippen LogP contribution is -2.51. The summed E-state index contributed by atoms with van der Waals surface area (Å²) in [6.07, 6.45) is 3.67. The Hall–Kier alpha value is -1.27. The summed E-state index contributed by atoms with van der Waals surface area (Å²) in [5.41, 5.74) is 0.916. The van der Waals surface area contributed by atoms with Gasteiger partial charge in [-0.05, 0) is 56.2 Å². The topological polar surface area (TPSA) is 52.6 Å². The van der Waals surface area contributed by atoms with E-state index in [9.17, 15) is 14.3 Å². The predicted octanol–water partition coefficient (Wildman–Crippen LogP) is 3.13. The number of nitrogens with one attached hydrogen (secondary N) is 1. The third-order valence-electron chi connectivity index (χ3n) is 4.23. The molecule has 0 aliphatic carbocycles. The van der Waals surface area contributed by atoms with E-state index < -0.39 is 5.60 Å². The van der Waals surface area contributed by atoms with Gasteiger partial charge in [0.1, 0.15) is 5.82 Å². The Morgan fingerprint density at radius 1 is 1.48 bits per heavy atom. The highest BCUT2D eigenvalue weighted by Gasteiger charge is 2.38. The maximum Gasteiger partial charge on any atom is 0.318 e. The van der Waals surface area contributed by atoms with Gasteiger partial charge in [0.2, 0.25) is 0 Å². The van der Waals surface area contributed by atoms with Crippen LogP contribution in [0.4, 0.5) is 9.18 Å². The maximum absolute atomic E-state index is 13.4. The van der Waals surface area contributed by atoms with Crippen LogP contribution in [-0.4, -0.2) is 40.5 Å². The number of urea groups is 1. The number of carbonyl (C=O) groups excluding carboxylic acids is 1. The van der Waals surface area contributed by atoms with Gasteiger partial charge in [-0.25, -0.2) is 9.18 Å². The minimum Gasteiger partial charge on any atom is -0.388 e. The van der Waals surface area contributed by atoms with Crippen LogP contribution >= 0.6 is 11.8 Å². The predicted molar refractivity (Wildman–Crippen MR) is 91.9 cm³/mol. The number of aliphatic hydroxyl groups is 1. The van der Waals surface area contributed by atoms with E-state index in [1.165, 1.54) is 12.1 Å². The summed E-state index contributed by atoms with van der Waals surface area (Å²) in [4.78, 5) is 14.1.